The summed E-state index contributed by atoms with van der Waals surface area (Å²) in [6.07, 6.45) is 3.93. The number of anilines is 1. The van der Waals surface area contributed by atoms with Gasteiger partial charge in [-0.15, -0.1) is 0 Å². The monoisotopic (exact) mass is 329 g/mol. The number of nitrogens with zero attached hydrogens (tertiary/aromatic N) is 2. The van der Waals surface area contributed by atoms with Crippen LogP contribution in [0.15, 0.2) is 18.2 Å². The van der Waals surface area contributed by atoms with Gasteiger partial charge in [0.25, 0.3) is 0 Å². The van der Waals surface area contributed by atoms with E-state index in [2.05, 4.69) is 42.3 Å². The lowest BCUT2D eigenvalue weighted by molar-refractivity contribution is -0.119. The Hall–Kier alpha value is -1.39. The van der Waals surface area contributed by atoms with E-state index in [9.17, 15) is 4.79 Å². The second kappa shape index (κ2) is 8.13. The Bertz CT molecular complexity index is 564. The average molecular weight is 329 g/mol. The van der Waals surface area contributed by atoms with Crippen molar-refractivity contribution in [3.63, 3.8) is 0 Å². The van der Waals surface area contributed by atoms with E-state index >= 15 is 0 Å². The first-order valence-corrected chi connectivity index (χ1v) is 9.48. The number of carbonyl (C=O) groups excluding carboxylic acids is 1. The SMILES string of the molecule is CC(C)CC(=O)N1CCCc2cc(CCN3CCNCC3)ccc21. The molecule has 4 heteroatoms. The van der Waals surface area contributed by atoms with Crippen LogP contribution in [-0.2, 0) is 17.6 Å². The lowest BCUT2D eigenvalue weighted by Gasteiger charge is -2.31. The van der Waals surface area contributed by atoms with Gasteiger partial charge in [0.1, 0.15) is 0 Å². The summed E-state index contributed by atoms with van der Waals surface area (Å²) in [5, 5.41) is 3.40. The van der Waals surface area contributed by atoms with Crippen molar-refractivity contribution in [2.45, 2.75) is 39.5 Å². The first-order valence-electron chi connectivity index (χ1n) is 9.48. The van der Waals surface area contributed by atoms with Gasteiger partial charge in [0.2, 0.25) is 5.91 Å². The van der Waals surface area contributed by atoms with Gasteiger partial charge in [0, 0.05) is 51.4 Å². The molecular weight excluding hydrogens is 298 g/mol. The molecule has 0 saturated carbocycles. The topological polar surface area (TPSA) is 35.6 Å². The van der Waals surface area contributed by atoms with Crippen molar-refractivity contribution in [2.24, 2.45) is 5.92 Å². The van der Waals surface area contributed by atoms with Crippen LogP contribution in [0, 0.1) is 5.92 Å². The Kier molecular flexibility index (Phi) is 5.90. The Labute approximate surface area is 146 Å². The number of carbonyl (C=O) groups is 1. The van der Waals surface area contributed by atoms with Gasteiger partial charge in [-0.05, 0) is 42.4 Å². The second-order valence-corrected chi connectivity index (χ2v) is 7.55. The number of rotatable bonds is 5. The number of hydrogen-bond acceptors (Lipinski definition) is 3. The third-order valence-corrected chi connectivity index (χ3v) is 5.07. The molecule has 0 aromatic heterocycles. The van der Waals surface area contributed by atoms with E-state index < -0.39 is 0 Å². The highest BCUT2D eigenvalue weighted by molar-refractivity contribution is 5.94. The summed E-state index contributed by atoms with van der Waals surface area (Å²) in [6.45, 7) is 10.8. The normalized spacial score (nSPS) is 18.7. The van der Waals surface area contributed by atoms with Gasteiger partial charge in [-0.1, -0.05) is 26.0 Å². The third-order valence-electron chi connectivity index (χ3n) is 5.07. The lowest BCUT2D eigenvalue weighted by Crippen LogP contribution is -2.44. The highest BCUT2D eigenvalue weighted by Gasteiger charge is 2.23. The standard InChI is InChI=1S/C20H31N3O/c1-16(2)14-20(24)23-10-3-4-18-15-17(5-6-19(18)23)7-11-22-12-8-21-9-13-22/h5-6,15-16,21H,3-4,7-14H2,1-2H3. The summed E-state index contributed by atoms with van der Waals surface area (Å²) in [7, 11) is 0. The zero-order chi connectivity index (χ0) is 16.9. The van der Waals surface area contributed by atoms with Crippen molar-refractivity contribution in [1.29, 1.82) is 0 Å². The molecule has 0 atom stereocenters. The Morgan fingerprint density at radius 2 is 2.00 bits per heavy atom. The molecule has 132 valence electrons. The van der Waals surface area contributed by atoms with Gasteiger partial charge >= 0.3 is 0 Å². The Morgan fingerprint density at radius 3 is 2.75 bits per heavy atom. The van der Waals surface area contributed by atoms with E-state index in [4.69, 9.17) is 0 Å². The number of nitrogens with one attached hydrogen (secondary N) is 1. The minimum atomic E-state index is 0.277. The summed E-state index contributed by atoms with van der Waals surface area (Å²) in [6, 6.07) is 6.74. The molecule has 24 heavy (non-hydrogen) atoms. The molecule has 0 spiro atoms. The van der Waals surface area contributed by atoms with Gasteiger partial charge in [0.05, 0.1) is 0 Å². The fraction of sp³-hybridized carbons (Fsp3) is 0.650. The van der Waals surface area contributed by atoms with Crippen molar-refractivity contribution < 1.29 is 4.79 Å². The maximum absolute atomic E-state index is 12.5. The fourth-order valence-corrected chi connectivity index (χ4v) is 3.75. The first kappa shape index (κ1) is 17.4. The van der Waals surface area contributed by atoms with Crippen LogP contribution in [0.4, 0.5) is 5.69 Å². The molecular formula is C20H31N3O. The van der Waals surface area contributed by atoms with Crippen molar-refractivity contribution in [3.8, 4) is 0 Å². The molecule has 0 bridgehead atoms. The van der Waals surface area contributed by atoms with Gasteiger partial charge in [0.15, 0.2) is 0 Å². The van der Waals surface area contributed by atoms with Crippen molar-refractivity contribution >= 4 is 11.6 Å². The van der Waals surface area contributed by atoms with Crippen LogP contribution >= 0.6 is 0 Å². The van der Waals surface area contributed by atoms with Crippen molar-refractivity contribution in [1.82, 2.24) is 10.2 Å². The van der Waals surface area contributed by atoms with E-state index in [0.29, 0.717) is 12.3 Å². The summed E-state index contributed by atoms with van der Waals surface area (Å²) >= 11 is 0. The molecule has 1 aromatic carbocycles. The molecule has 3 rings (SSSR count). The van der Waals surface area contributed by atoms with Gasteiger partial charge in [-0.3, -0.25) is 4.79 Å². The van der Waals surface area contributed by atoms with Gasteiger partial charge in [-0.2, -0.15) is 0 Å². The smallest absolute Gasteiger partial charge is 0.227 e. The summed E-state index contributed by atoms with van der Waals surface area (Å²) in [4.78, 5) is 17.1. The predicted octanol–water partition coefficient (Wildman–Crippen LogP) is 2.46. The van der Waals surface area contributed by atoms with E-state index in [-0.39, 0.29) is 5.91 Å². The zero-order valence-corrected chi connectivity index (χ0v) is 15.2. The maximum atomic E-state index is 12.5. The minimum absolute atomic E-state index is 0.277. The van der Waals surface area contributed by atoms with Crippen LogP contribution in [0.3, 0.4) is 0 Å². The molecule has 0 unspecified atom stereocenters. The number of piperazine rings is 1. The molecule has 0 radical (unpaired) electrons. The summed E-state index contributed by atoms with van der Waals surface area (Å²) < 4.78 is 0. The van der Waals surface area contributed by atoms with Crippen LogP contribution in [0.1, 0.15) is 37.8 Å². The molecule has 2 heterocycles. The third kappa shape index (κ3) is 4.37. The molecule has 0 aliphatic carbocycles. The highest BCUT2D eigenvalue weighted by Crippen LogP contribution is 2.29. The van der Waals surface area contributed by atoms with E-state index in [1.165, 1.54) is 11.1 Å². The first-order chi connectivity index (χ1) is 11.6. The highest BCUT2D eigenvalue weighted by atomic mass is 16.2. The van der Waals surface area contributed by atoms with Crippen LogP contribution in [0.25, 0.3) is 0 Å². The summed E-state index contributed by atoms with van der Waals surface area (Å²) in [5.41, 5.74) is 3.92. The van der Waals surface area contributed by atoms with E-state index in [1.54, 1.807) is 0 Å². The quantitative estimate of drug-likeness (QED) is 0.901. The summed E-state index contributed by atoms with van der Waals surface area (Å²) in [5.74, 6) is 0.695. The molecule has 1 saturated heterocycles. The number of aryl methyl sites for hydroxylation is 1. The number of hydrogen-bond donors (Lipinski definition) is 1. The van der Waals surface area contributed by atoms with E-state index in [1.807, 2.05) is 4.90 Å². The van der Waals surface area contributed by atoms with Gasteiger partial charge in [-0.25, -0.2) is 0 Å². The largest absolute Gasteiger partial charge is 0.314 e. The molecule has 2 aliphatic heterocycles. The van der Waals surface area contributed by atoms with Crippen LogP contribution in [-0.4, -0.2) is 50.1 Å². The molecule has 1 amide bonds. The zero-order valence-electron chi connectivity index (χ0n) is 15.2. The van der Waals surface area contributed by atoms with E-state index in [0.717, 1.165) is 64.2 Å². The second-order valence-electron chi connectivity index (χ2n) is 7.55. The average Bonchev–Trinajstić information content (AvgIpc) is 2.59. The molecule has 2 aliphatic rings. The maximum Gasteiger partial charge on any atom is 0.227 e. The lowest BCUT2D eigenvalue weighted by atomic mass is 9.97. The van der Waals surface area contributed by atoms with Crippen LogP contribution < -0.4 is 10.2 Å². The number of fused-ring (bicyclic) bond motifs is 1. The minimum Gasteiger partial charge on any atom is -0.314 e. The van der Waals surface area contributed by atoms with Gasteiger partial charge < -0.3 is 15.1 Å². The number of benzene rings is 1. The van der Waals surface area contributed by atoms with Crippen molar-refractivity contribution in [3.05, 3.63) is 29.3 Å². The van der Waals surface area contributed by atoms with Crippen LogP contribution in [0.5, 0.6) is 0 Å². The predicted molar refractivity (Wildman–Crippen MR) is 99.6 cm³/mol. The Morgan fingerprint density at radius 1 is 1.21 bits per heavy atom. The fourth-order valence-electron chi connectivity index (χ4n) is 3.75. The van der Waals surface area contributed by atoms with Crippen LogP contribution in [0.2, 0.25) is 0 Å². The molecule has 1 N–H and O–H groups in total. The molecule has 4 nitrogen and oxygen atoms in total. The molecule has 1 fully saturated rings. The Balaban J connectivity index is 1.65. The molecule has 1 aromatic rings. The van der Waals surface area contributed by atoms with Crippen molar-refractivity contribution in [2.75, 3.05) is 44.2 Å². The number of amides is 1.